The van der Waals surface area contributed by atoms with E-state index in [0.29, 0.717) is 6.54 Å². The third kappa shape index (κ3) is 2.48. The maximum Gasteiger partial charge on any atom is 0.240 e. The number of carbonyl (C=O) groups excluding carboxylic acids is 1. The van der Waals surface area contributed by atoms with Gasteiger partial charge in [0.2, 0.25) is 5.91 Å². The van der Waals surface area contributed by atoms with Gasteiger partial charge < -0.3 is 14.7 Å². The largest absolute Gasteiger partial charge is 0.374 e. The molecule has 0 radical (unpaired) electrons. The number of hydrogen-bond acceptors (Lipinski definition) is 3. The lowest BCUT2D eigenvalue weighted by molar-refractivity contribution is -0.118. The Labute approximate surface area is 109 Å². The highest BCUT2D eigenvalue weighted by Gasteiger charge is 2.18. The molecule has 1 heterocycles. The van der Waals surface area contributed by atoms with E-state index in [1.54, 1.807) is 4.90 Å². The zero-order valence-corrected chi connectivity index (χ0v) is 11.6. The molecular weight excluding hydrogens is 226 g/mol. The second-order valence-electron chi connectivity index (χ2n) is 5.18. The Balaban J connectivity index is 2.19. The topological polar surface area (TPSA) is 26.8 Å². The predicted molar refractivity (Wildman–Crippen MR) is 75.4 cm³/mol. The molecule has 4 heteroatoms. The highest BCUT2D eigenvalue weighted by atomic mass is 16.2. The van der Waals surface area contributed by atoms with E-state index in [-0.39, 0.29) is 5.91 Å². The number of amides is 1. The van der Waals surface area contributed by atoms with Gasteiger partial charge in [-0.05, 0) is 38.2 Å². The maximum absolute atomic E-state index is 12.0. The summed E-state index contributed by atoms with van der Waals surface area (Å²) in [5.74, 6) is 0.112. The summed E-state index contributed by atoms with van der Waals surface area (Å²) in [5.41, 5.74) is 3.58. The Bertz CT molecular complexity index is 456. The summed E-state index contributed by atoms with van der Waals surface area (Å²) in [5, 5.41) is 0. The van der Waals surface area contributed by atoms with Crippen LogP contribution in [0.5, 0.6) is 0 Å². The smallest absolute Gasteiger partial charge is 0.240 e. The number of anilines is 2. The van der Waals surface area contributed by atoms with E-state index in [1.807, 2.05) is 32.1 Å². The molecule has 1 aliphatic rings. The molecule has 1 amide bonds. The minimum atomic E-state index is 0.112. The Morgan fingerprint density at radius 1 is 1.33 bits per heavy atom. The van der Waals surface area contributed by atoms with Gasteiger partial charge in [-0.3, -0.25) is 4.79 Å². The van der Waals surface area contributed by atoms with Crippen LogP contribution in [0.15, 0.2) is 18.2 Å². The van der Waals surface area contributed by atoms with E-state index in [4.69, 9.17) is 0 Å². The van der Waals surface area contributed by atoms with Crippen LogP contribution in [-0.4, -0.2) is 52.1 Å². The van der Waals surface area contributed by atoms with Crippen molar-refractivity contribution < 1.29 is 4.79 Å². The lowest BCUT2D eigenvalue weighted by atomic mass is 10.1. The summed E-state index contributed by atoms with van der Waals surface area (Å²) >= 11 is 0. The van der Waals surface area contributed by atoms with Crippen LogP contribution >= 0.6 is 0 Å². The van der Waals surface area contributed by atoms with Gasteiger partial charge in [0, 0.05) is 32.0 Å². The van der Waals surface area contributed by atoms with E-state index in [2.05, 4.69) is 24.1 Å². The summed E-state index contributed by atoms with van der Waals surface area (Å²) in [4.78, 5) is 17.9. The molecule has 0 unspecified atom stereocenters. The molecule has 0 atom stereocenters. The Morgan fingerprint density at radius 2 is 2.06 bits per heavy atom. The Kier molecular flexibility index (Phi) is 3.57. The van der Waals surface area contributed by atoms with Crippen molar-refractivity contribution in [2.45, 2.75) is 6.42 Å². The Hall–Kier alpha value is -1.55. The first-order valence-electron chi connectivity index (χ1n) is 6.24. The molecule has 4 nitrogen and oxygen atoms in total. The van der Waals surface area contributed by atoms with Gasteiger partial charge in [0.1, 0.15) is 0 Å². The summed E-state index contributed by atoms with van der Waals surface area (Å²) < 4.78 is 0. The van der Waals surface area contributed by atoms with Gasteiger partial charge in [0.05, 0.1) is 6.54 Å². The van der Waals surface area contributed by atoms with Crippen molar-refractivity contribution in [3.05, 3.63) is 23.8 Å². The van der Waals surface area contributed by atoms with Gasteiger partial charge >= 0.3 is 0 Å². The quantitative estimate of drug-likeness (QED) is 0.803. The van der Waals surface area contributed by atoms with Crippen molar-refractivity contribution in [3.8, 4) is 0 Å². The van der Waals surface area contributed by atoms with Crippen molar-refractivity contribution in [2.75, 3.05) is 51.1 Å². The van der Waals surface area contributed by atoms with Crippen LogP contribution in [0.2, 0.25) is 0 Å². The Morgan fingerprint density at radius 3 is 2.72 bits per heavy atom. The molecule has 0 saturated carbocycles. The van der Waals surface area contributed by atoms with Crippen LogP contribution in [0.3, 0.4) is 0 Å². The summed E-state index contributed by atoms with van der Waals surface area (Å²) in [7, 11) is 7.74. The van der Waals surface area contributed by atoms with Gasteiger partial charge in [-0.2, -0.15) is 0 Å². The third-order valence-electron chi connectivity index (χ3n) is 3.41. The van der Waals surface area contributed by atoms with E-state index in [0.717, 1.165) is 18.7 Å². The SMILES string of the molecule is CN(C)CC(=O)N(C)c1ccc2c(c1)N(C)CC2. The van der Waals surface area contributed by atoms with Crippen LogP contribution in [0.4, 0.5) is 11.4 Å². The summed E-state index contributed by atoms with van der Waals surface area (Å²) in [6.45, 7) is 1.50. The first-order valence-corrected chi connectivity index (χ1v) is 6.24. The van der Waals surface area contributed by atoms with Crippen LogP contribution in [-0.2, 0) is 11.2 Å². The summed E-state index contributed by atoms with van der Waals surface area (Å²) in [6.07, 6.45) is 1.10. The minimum absolute atomic E-state index is 0.112. The van der Waals surface area contributed by atoms with Crippen LogP contribution in [0.25, 0.3) is 0 Å². The average Bonchev–Trinajstić information content (AvgIpc) is 2.69. The number of likely N-dealkylation sites (N-methyl/N-ethyl adjacent to an activating group) is 3. The molecule has 98 valence electrons. The molecule has 0 saturated heterocycles. The monoisotopic (exact) mass is 247 g/mol. The van der Waals surface area contributed by atoms with Gasteiger partial charge in [-0.25, -0.2) is 0 Å². The normalized spacial score (nSPS) is 13.9. The number of fused-ring (bicyclic) bond motifs is 1. The van der Waals surface area contributed by atoms with Gasteiger partial charge in [-0.1, -0.05) is 6.07 Å². The fraction of sp³-hybridized carbons (Fsp3) is 0.500. The van der Waals surface area contributed by atoms with Crippen molar-refractivity contribution >= 4 is 17.3 Å². The molecule has 2 rings (SSSR count). The van der Waals surface area contributed by atoms with Crippen molar-refractivity contribution in [1.29, 1.82) is 0 Å². The molecular formula is C14H21N3O. The van der Waals surface area contributed by atoms with Crippen molar-refractivity contribution in [3.63, 3.8) is 0 Å². The van der Waals surface area contributed by atoms with Crippen molar-refractivity contribution in [1.82, 2.24) is 4.90 Å². The molecule has 1 aromatic rings. The van der Waals surface area contributed by atoms with Gasteiger partial charge in [-0.15, -0.1) is 0 Å². The maximum atomic E-state index is 12.0. The van der Waals surface area contributed by atoms with Crippen LogP contribution in [0.1, 0.15) is 5.56 Å². The average molecular weight is 247 g/mol. The molecule has 0 fully saturated rings. The fourth-order valence-electron chi connectivity index (χ4n) is 2.26. The highest BCUT2D eigenvalue weighted by molar-refractivity contribution is 5.94. The minimum Gasteiger partial charge on any atom is -0.374 e. The summed E-state index contributed by atoms with van der Waals surface area (Å²) in [6, 6.07) is 6.27. The molecule has 1 aromatic carbocycles. The molecule has 18 heavy (non-hydrogen) atoms. The number of rotatable bonds is 3. The highest BCUT2D eigenvalue weighted by Crippen LogP contribution is 2.30. The number of hydrogen-bond donors (Lipinski definition) is 0. The standard InChI is InChI=1S/C14H21N3O/c1-15(2)10-14(18)17(4)12-6-5-11-7-8-16(3)13(11)9-12/h5-6,9H,7-8,10H2,1-4H3. The number of benzene rings is 1. The van der Waals surface area contributed by atoms with E-state index < -0.39 is 0 Å². The van der Waals surface area contributed by atoms with Crippen molar-refractivity contribution in [2.24, 2.45) is 0 Å². The molecule has 0 aromatic heterocycles. The lowest BCUT2D eigenvalue weighted by Crippen LogP contribution is -2.35. The zero-order chi connectivity index (χ0) is 13.3. The number of nitrogens with zero attached hydrogens (tertiary/aromatic N) is 3. The van der Waals surface area contributed by atoms with Gasteiger partial charge in [0.25, 0.3) is 0 Å². The second-order valence-corrected chi connectivity index (χ2v) is 5.18. The predicted octanol–water partition coefficient (Wildman–Crippen LogP) is 1.20. The molecule has 0 bridgehead atoms. The number of carbonyl (C=O) groups is 1. The molecule has 0 N–H and O–H groups in total. The lowest BCUT2D eigenvalue weighted by Gasteiger charge is -2.21. The second kappa shape index (κ2) is 4.98. The van der Waals surface area contributed by atoms with E-state index in [9.17, 15) is 4.79 Å². The fourth-order valence-corrected chi connectivity index (χ4v) is 2.26. The zero-order valence-electron chi connectivity index (χ0n) is 11.6. The molecule has 0 aliphatic carbocycles. The first-order chi connectivity index (χ1) is 8.49. The third-order valence-corrected chi connectivity index (χ3v) is 3.41. The van der Waals surface area contributed by atoms with Crippen LogP contribution < -0.4 is 9.80 Å². The van der Waals surface area contributed by atoms with E-state index in [1.165, 1.54) is 11.3 Å². The molecule has 0 spiro atoms. The first kappa shape index (κ1) is 12.9. The van der Waals surface area contributed by atoms with Crippen LogP contribution in [0, 0.1) is 0 Å². The molecule has 1 aliphatic heterocycles. The van der Waals surface area contributed by atoms with E-state index >= 15 is 0 Å². The van der Waals surface area contributed by atoms with Gasteiger partial charge in [0.15, 0.2) is 0 Å².